The summed E-state index contributed by atoms with van der Waals surface area (Å²) >= 11 is 0. The Morgan fingerprint density at radius 1 is 1.27 bits per heavy atom. The predicted molar refractivity (Wildman–Crippen MR) is 95.2 cm³/mol. The van der Waals surface area contributed by atoms with Crippen LogP contribution in [-0.2, 0) is 16.6 Å². The van der Waals surface area contributed by atoms with Crippen molar-refractivity contribution in [1.29, 1.82) is 0 Å². The van der Waals surface area contributed by atoms with E-state index < -0.39 is 15.8 Å². The molecule has 0 aliphatic heterocycles. The Balaban J connectivity index is 2.15. The van der Waals surface area contributed by atoms with Gasteiger partial charge in [-0.15, -0.1) is 0 Å². The molecule has 26 heavy (non-hydrogen) atoms. The molecule has 2 aromatic heterocycles. The third-order valence-electron chi connectivity index (χ3n) is 4.16. The maximum Gasteiger partial charge on any atom is 0.277 e. The molecule has 7 nitrogen and oxygen atoms in total. The van der Waals surface area contributed by atoms with Crippen molar-refractivity contribution in [2.75, 3.05) is 0 Å². The minimum atomic E-state index is -3.97. The van der Waals surface area contributed by atoms with Crippen molar-refractivity contribution in [2.45, 2.75) is 38.1 Å². The average Bonchev–Trinajstić information content (AvgIpc) is 2.92. The zero-order chi connectivity index (χ0) is 19.2. The van der Waals surface area contributed by atoms with E-state index in [1.807, 2.05) is 13.8 Å². The molecule has 0 aliphatic carbocycles. The first-order chi connectivity index (χ1) is 12.1. The van der Waals surface area contributed by atoms with Crippen molar-refractivity contribution < 1.29 is 12.8 Å². The van der Waals surface area contributed by atoms with Gasteiger partial charge in [0.2, 0.25) is 10.0 Å². The summed E-state index contributed by atoms with van der Waals surface area (Å²) < 4.78 is 40.1. The van der Waals surface area contributed by atoms with Crippen LogP contribution in [0, 0.1) is 12.7 Å². The molecule has 0 aliphatic rings. The first kappa shape index (κ1) is 18.3. The lowest BCUT2D eigenvalue weighted by molar-refractivity contribution is 0.582. The minimum absolute atomic E-state index is 0.0303. The van der Waals surface area contributed by atoms with E-state index in [1.54, 1.807) is 23.8 Å². The topological polar surface area (TPSA) is 99.5 Å². The molecule has 0 fully saturated rings. The normalized spacial score (nSPS) is 12.2. The van der Waals surface area contributed by atoms with Crippen molar-refractivity contribution >= 4 is 15.7 Å². The minimum Gasteiger partial charge on any atom is -0.328 e. The molecule has 9 heteroatoms. The molecule has 0 saturated carbocycles. The van der Waals surface area contributed by atoms with E-state index in [4.69, 9.17) is 5.14 Å². The molecule has 0 radical (unpaired) electrons. The smallest absolute Gasteiger partial charge is 0.277 e. The lowest BCUT2D eigenvalue weighted by Crippen LogP contribution is -2.24. The van der Waals surface area contributed by atoms with Crippen LogP contribution in [0.2, 0.25) is 0 Å². The van der Waals surface area contributed by atoms with Gasteiger partial charge in [-0.25, -0.2) is 17.9 Å². The van der Waals surface area contributed by atoms with Gasteiger partial charge in [0.25, 0.3) is 5.56 Å². The summed E-state index contributed by atoms with van der Waals surface area (Å²) in [6.45, 7) is 5.67. The number of halogens is 1. The van der Waals surface area contributed by atoms with E-state index >= 15 is 0 Å². The lowest BCUT2D eigenvalue weighted by atomic mass is 10.1. The SMILES string of the molecule is Cc1cc2n(Cc3ccc(S(N)(=O)=O)cc3F)cc(C(C)C)c(=O)n2n1. The number of aromatic nitrogens is 3. The van der Waals surface area contributed by atoms with Gasteiger partial charge in [0.15, 0.2) is 0 Å². The van der Waals surface area contributed by atoms with Gasteiger partial charge in [-0.3, -0.25) is 4.79 Å². The molecule has 3 rings (SSSR count). The summed E-state index contributed by atoms with van der Waals surface area (Å²) in [5, 5.41) is 9.25. The second kappa shape index (κ2) is 6.33. The Morgan fingerprint density at radius 3 is 2.54 bits per heavy atom. The van der Waals surface area contributed by atoms with E-state index in [-0.39, 0.29) is 28.5 Å². The van der Waals surface area contributed by atoms with Gasteiger partial charge >= 0.3 is 0 Å². The number of aryl methyl sites for hydroxylation is 1. The quantitative estimate of drug-likeness (QED) is 0.748. The molecular weight excluding hydrogens is 359 g/mol. The Hall–Kier alpha value is -2.52. The van der Waals surface area contributed by atoms with Gasteiger partial charge in [0.05, 0.1) is 17.1 Å². The van der Waals surface area contributed by atoms with Crippen LogP contribution in [0.25, 0.3) is 5.65 Å². The van der Waals surface area contributed by atoms with Crippen LogP contribution in [0.5, 0.6) is 0 Å². The average molecular weight is 378 g/mol. The van der Waals surface area contributed by atoms with Crippen molar-refractivity contribution in [3.8, 4) is 0 Å². The standard InChI is InChI=1S/C17H19FN4O3S/c1-10(2)14-9-21(16-6-11(3)20-22(16)17(14)23)8-12-4-5-13(7-15(12)18)26(19,24)25/h4-7,9-10H,8H2,1-3H3,(H2,19,24,25). The first-order valence-electron chi connectivity index (χ1n) is 7.99. The molecule has 1 aromatic carbocycles. The number of nitrogens with zero attached hydrogens (tertiary/aromatic N) is 3. The number of nitrogens with two attached hydrogens (primary N) is 1. The highest BCUT2D eigenvalue weighted by atomic mass is 32.2. The molecule has 138 valence electrons. The Labute approximate surface area is 149 Å². The van der Waals surface area contributed by atoms with Gasteiger partial charge in [-0.1, -0.05) is 19.9 Å². The van der Waals surface area contributed by atoms with Gasteiger partial charge < -0.3 is 4.57 Å². The lowest BCUT2D eigenvalue weighted by Gasteiger charge is -2.14. The monoisotopic (exact) mass is 378 g/mol. The largest absolute Gasteiger partial charge is 0.328 e. The van der Waals surface area contributed by atoms with Gasteiger partial charge in [0, 0.05) is 23.4 Å². The molecule has 0 spiro atoms. The molecule has 2 heterocycles. The van der Waals surface area contributed by atoms with E-state index in [0.717, 1.165) is 6.07 Å². The van der Waals surface area contributed by atoms with Crippen molar-refractivity contribution in [3.63, 3.8) is 0 Å². The van der Waals surface area contributed by atoms with E-state index in [9.17, 15) is 17.6 Å². The zero-order valence-electron chi connectivity index (χ0n) is 14.6. The summed E-state index contributed by atoms with van der Waals surface area (Å²) in [6.07, 6.45) is 1.69. The second-order valence-electron chi connectivity index (χ2n) is 6.53. The number of primary sulfonamides is 1. The van der Waals surface area contributed by atoms with E-state index in [1.165, 1.54) is 16.6 Å². The zero-order valence-corrected chi connectivity index (χ0v) is 15.4. The highest BCUT2D eigenvalue weighted by Crippen LogP contribution is 2.18. The van der Waals surface area contributed by atoms with Crippen LogP contribution >= 0.6 is 0 Å². The summed E-state index contributed by atoms with van der Waals surface area (Å²) in [4.78, 5) is 12.3. The number of rotatable bonds is 4. The fourth-order valence-electron chi connectivity index (χ4n) is 2.79. The van der Waals surface area contributed by atoms with Crippen molar-refractivity contribution in [3.05, 3.63) is 63.5 Å². The van der Waals surface area contributed by atoms with Gasteiger partial charge in [-0.2, -0.15) is 9.61 Å². The maximum atomic E-state index is 14.4. The Kier molecular flexibility index (Phi) is 4.45. The number of fused-ring (bicyclic) bond motifs is 1. The highest BCUT2D eigenvalue weighted by Gasteiger charge is 2.16. The van der Waals surface area contributed by atoms with Crippen LogP contribution < -0.4 is 10.7 Å². The predicted octanol–water partition coefficient (Wildman–Crippen LogP) is 1.76. The summed E-state index contributed by atoms with van der Waals surface area (Å²) in [5.41, 5.74) is 1.83. The Bertz CT molecular complexity index is 1160. The fourth-order valence-corrected chi connectivity index (χ4v) is 3.32. The van der Waals surface area contributed by atoms with E-state index in [0.29, 0.717) is 16.9 Å². The summed E-state index contributed by atoms with van der Waals surface area (Å²) in [7, 11) is -3.97. The molecule has 3 aromatic rings. The van der Waals surface area contributed by atoms with Gasteiger partial charge in [0.1, 0.15) is 11.5 Å². The first-order valence-corrected chi connectivity index (χ1v) is 9.53. The number of hydrogen-bond donors (Lipinski definition) is 1. The van der Waals surface area contributed by atoms with Crippen LogP contribution in [0.4, 0.5) is 4.39 Å². The molecule has 0 amide bonds. The molecule has 0 bridgehead atoms. The number of benzene rings is 1. The van der Waals surface area contributed by atoms with Crippen LogP contribution in [0.1, 0.15) is 36.6 Å². The molecular formula is C17H19FN4O3S. The highest BCUT2D eigenvalue weighted by molar-refractivity contribution is 7.89. The van der Waals surface area contributed by atoms with Gasteiger partial charge in [-0.05, 0) is 25.0 Å². The number of hydrogen-bond acceptors (Lipinski definition) is 4. The summed E-state index contributed by atoms with van der Waals surface area (Å²) in [6, 6.07) is 5.28. The number of sulfonamides is 1. The Morgan fingerprint density at radius 2 is 1.96 bits per heavy atom. The third-order valence-corrected chi connectivity index (χ3v) is 5.07. The third kappa shape index (κ3) is 3.27. The van der Waals surface area contributed by atoms with Crippen LogP contribution in [0.3, 0.4) is 0 Å². The van der Waals surface area contributed by atoms with Crippen LogP contribution in [0.15, 0.2) is 40.2 Å². The summed E-state index contributed by atoms with van der Waals surface area (Å²) in [5.74, 6) is -0.715. The maximum absolute atomic E-state index is 14.4. The molecule has 0 saturated heterocycles. The van der Waals surface area contributed by atoms with Crippen molar-refractivity contribution in [2.24, 2.45) is 5.14 Å². The fraction of sp³-hybridized carbons (Fsp3) is 0.294. The van der Waals surface area contributed by atoms with E-state index in [2.05, 4.69) is 5.10 Å². The second-order valence-corrected chi connectivity index (χ2v) is 8.09. The molecule has 0 atom stereocenters. The van der Waals surface area contributed by atoms with Crippen molar-refractivity contribution in [1.82, 2.24) is 14.2 Å². The van der Waals surface area contributed by atoms with Crippen LogP contribution in [-0.4, -0.2) is 22.6 Å². The molecule has 0 unspecified atom stereocenters. The molecule has 2 N–H and O–H groups in total.